The lowest BCUT2D eigenvalue weighted by Crippen LogP contribution is -2.21. The number of aliphatic hydroxyl groups is 2. The number of hydrogen-bond acceptors (Lipinski definition) is 5. The summed E-state index contributed by atoms with van der Waals surface area (Å²) in [5.74, 6) is 0.387. The molecule has 1 rings (SSSR count). The first-order valence-corrected chi connectivity index (χ1v) is 3.50. The van der Waals surface area contributed by atoms with Crippen LogP contribution < -0.4 is 4.74 Å². The first kappa shape index (κ1) is 8.89. The summed E-state index contributed by atoms with van der Waals surface area (Å²) in [7, 11) is 0. The molecule has 0 spiro atoms. The van der Waals surface area contributed by atoms with E-state index in [1.54, 1.807) is 6.07 Å². The molecule has 0 aliphatic carbocycles. The zero-order valence-corrected chi connectivity index (χ0v) is 6.42. The lowest BCUT2D eigenvalue weighted by Gasteiger charge is -2.07. The van der Waals surface area contributed by atoms with Crippen LogP contribution in [0.4, 0.5) is 0 Å². The van der Waals surface area contributed by atoms with E-state index < -0.39 is 6.10 Å². The van der Waals surface area contributed by atoms with Gasteiger partial charge in [-0.25, -0.2) is 9.97 Å². The third-order valence-electron chi connectivity index (χ3n) is 1.19. The Labute approximate surface area is 69.7 Å². The molecule has 5 nitrogen and oxygen atoms in total. The molecule has 0 fully saturated rings. The second-order valence-corrected chi connectivity index (χ2v) is 2.20. The van der Waals surface area contributed by atoms with Crippen LogP contribution in [0.3, 0.4) is 0 Å². The van der Waals surface area contributed by atoms with E-state index in [-0.39, 0.29) is 13.2 Å². The highest BCUT2D eigenvalue weighted by molar-refractivity contribution is 5.04. The number of hydrogen-bond donors (Lipinski definition) is 2. The van der Waals surface area contributed by atoms with Crippen LogP contribution in [0.2, 0.25) is 0 Å². The zero-order chi connectivity index (χ0) is 8.81. The van der Waals surface area contributed by atoms with Crippen molar-refractivity contribution in [2.45, 2.75) is 6.10 Å². The Bertz CT molecular complexity index is 217. The van der Waals surface area contributed by atoms with Gasteiger partial charge in [-0.05, 0) is 0 Å². The first-order chi connectivity index (χ1) is 5.83. The van der Waals surface area contributed by atoms with Gasteiger partial charge in [-0.2, -0.15) is 0 Å². The van der Waals surface area contributed by atoms with Gasteiger partial charge in [0.25, 0.3) is 0 Å². The van der Waals surface area contributed by atoms with Gasteiger partial charge in [0, 0.05) is 12.3 Å². The first-order valence-electron chi connectivity index (χ1n) is 3.50. The van der Waals surface area contributed by atoms with E-state index in [0.29, 0.717) is 5.88 Å². The number of aromatic nitrogens is 2. The molecule has 1 aromatic heterocycles. The predicted octanol–water partition coefficient (Wildman–Crippen LogP) is -0.791. The monoisotopic (exact) mass is 170 g/mol. The van der Waals surface area contributed by atoms with Crippen LogP contribution in [0, 0.1) is 0 Å². The predicted molar refractivity (Wildman–Crippen MR) is 40.6 cm³/mol. The van der Waals surface area contributed by atoms with E-state index in [0.717, 1.165) is 0 Å². The standard InChI is InChI=1S/C7H10N2O3/c10-3-6(11)4-12-7-1-2-8-5-9-7/h1-2,5-6,10-11H,3-4H2/t6-/m1/s1. The van der Waals surface area contributed by atoms with Crippen LogP contribution in [-0.4, -0.2) is 39.5 Å². The van der Waals surface area contributed by atoms with Gasteiger partial charge in [-0.15, -0.1) is 0 Å². The Morgan fingerprint density at radius 2 is 2.42 bits per heavy atom. The Morgan fingerprint density at radius 1 is 1.58 bits per heavy atom. The molecule has 0 saturated carbocycles. The molecule has 0 aliphatic rings. The maximum Gasteiger partial charge on any atom is 0.216 e. The van der Waals surface area contributed by atoms with Crippen LogP contribution in [0.15, 0.2) is 18.6 Å². The highest BCUT2D eigenvalue weighted by Gasteiger charge is 2.02. The highest BCUT2D eigenvalue weighted by atomic mass is 16.5. The lowest BCUT2D eigenvalue weighted by atomic mass is 10.4. The lowest BCUT2D eigenvalue weighted by molar-refractivity contribution is 0.0520. The summed E-state index contributed by atoms with van der Waals surface area (Å²) < 4.78 is 5.00. The maximum absolute atomic E-state index is 8.90. The molecule has 12 heavy (non-hydrogen) atoms. The third-order valence-corrected chi connectivity index (χ3v) is 1.19. The summed E-state index contributed by atoms with van der Waals surface area (Å²) in [6.45, 7) is -0.279. The second kappa shape index (κ2) is 4.63. The fraction of sp³-hybridized carbons (Fsp3) is 0.429. The molecular weight excluding hydrogens is 160 g/mol. The summed E-state index contributed by atoms with van der Waals surface area (Å²) in [4.78, 5) is 7.45. The number of nitrogens with zero attached hydrogens (tertiary/aromatic N) is 2. The summed E-state index contributed by atoms with van der Waals surface area (Å²) in [5.41, 5.74) is 0. The van der Waals surface area contributed by atoms with Crippen molar-refractivity contribution in [2.24, 2.45) is 0 Å². The smallest absolute Gasteiger partial charge is 0.216 e. The molecule has 0 bridgehead atoms. The van der Waals surface area contributed by atoms with Crippen molar-refractivity contribution in [1.29, 1.82) is 0 Å². The molecule has 0 saturated heterocycles. The van der Waals surface area contributed by atoms with Crippen molar-refractivity contribution < 1.29 is 14.9 Å². The molecule has 0 aliphatic heterocycles. The minimum absolute atomic E-state index is 0.0352. The van der Waals surface area contributed by atoms with Crippen LogP contribution in [0.5, 0.6) is 5.88 Å². The van der Waals surface area contributed by atoms with Gasteiger partial charge >= 0.3 is 0 Å². The number of rotatable bonds is 4. The van der Waals surface area contributed by atoms with Crippen LogP contribution >= 0.6 is 0 Å². The van der Waals surface area contributed by atoms with Gasteiger partial charge in [-0.1, -0.05) is 0 Å². The van der Waals surface area contributed by atoms with Crippen molar-refractivity contribution in [3.63, 3.8) is 0 Å². The van der Waals surface area contributed by atoms with Gasteiger partial charge in [0.05, 0.1) is 6.61 Å². The average molecular weight is 170 g/mol. The Hall–Kier alpha value is -1.20. The third kappa shape index (κ3) is 2.81. The van der Waals surface area contributed by atoms with E-state index in [1.165, 1.54) is 12.5 Å². The fourth-order valence-corrected chi connectivity index (χ4v) is 0.598. The molecule has 1 atom stereocenters. The van der Waals surface area contributed by atoms with Crippen LogP contribution in [0.25, 0.3) is 0 Å². The Kier molecular flexibility index (Phi) is 3.43. The summed E-state index contributed by atoms with van der Waals surface area (Å²) in [5, 5.41) is 17.4. The van der Waals surface area contributed by atoms with E-state index in [9.17, 15) is 0 Å². The van der Waals surface area contributed by atoms with Crippen molar-refractivity contribution in [2.75, 3.05) is 13.2 Å². The van der Waals surface area contributed by atoms with Gasteiger partial charge in [0.2, 0.25) is 5.88 Å². The zero-order valence-electron chi connectivity index (χ0n) is 6.42. The van der Waals surface area contributed by atoms with E-state index in [2.05, 4.69) is 9.97 Å². The summed E-state index contributed by atoms with van der Waals surface area (Å²) in [6.07, 6.45) is 2.02. The average Bonchev–Trinajstić information content (AvgIpc) is 2.16. The topological polar surface area (TPSA) is 75.5 Å². The van der Waals surface area contributed by atoms with Gasteiger partial charge in [0.15, 0.2) is 0 Å². The minimum Gasteiger partial charge on any atom is -0.475 e. The van der Waals surface area contributed by atoms with Crippen molar-refractivity contribution in [3.8, 4) is 5.88 Å². The molecule has 0 amide bonds. The van der Waals surface area contributed by atoms with Crippen molar-refractivity contribution in [3.05, 3.63) is 18.6 Å². The fourth-order valence-electron chi connectivity index (χ4n) is 0.598. The molecule has 0 radical (unpaired) electrons. The summed E-state index contributed by atoms with van der Waals surface area (Å²) in [6, 6.07) is 1.57. The quantitative estimate of drug-likeness (QED) is 0.619. The minimum atomic E-state index is -0.861. The van der Waals surface area contributed by atoms with Gasteiger partial charge in [0.1, 0.15) is 19.0 Å². The maximum atomic E-state index is 8.90. The number of aliphatic hydroxyl groups excluding tert-OH is 2. The van der Waals surface area contributed by atoms with Crippen molar-refractivity contribution in [1.82, 2.24) is 9.97 Å². The van der Waals surface area contributed by atoms with E-state index in [4.69, 9.17) is 14.9 Å². The van der Waals surface area contributed by atoms with E-state index >= 15 is 0 Å². The van der Waals surface area contributed by atoms with E-state index in [1.807, 2.05) is 0 Å². The number of ether oxygens (including phenoxy) is 1. The molecule has 1 heterocycles. The van der Waals surface area contributed by atoms with Crippen LogP contribution in [0.1, 0.15) is 0 Å². The molecule has 5 heteroatoms. The molecule has 2 N–H and O–H groups in total. The van der Waals surface area contributed by atoms with Gasteiger partial charge in [-0.3, -0.25) is 0 Å². The van der Waals surface area contributed by atoms with Crippen LogP contribution in [-0.2, 0) is 0 Å². The Morgan fingerprint density at radius 3 is 3.00 bits per heavy atom. The largest absolute Gasteiger partial charge is 0.475 e. The van der Waals surface area contributed by atoms with Gasteiger partial charge < -0.3 is 14.9 Å². The molecule has 1 aromatic rings. The highest BCUT2D eigenvalue weighted by Crippen LogP contribution is 2.01. The molecule has 0 aromatic carbocycles. The molecule has 0 unspecified atom stereocenters. The molecular formula is C7H10N2O3. The Balaban J connectivity index is 2.33. The molecule has 66 valence electrons. The SMILES string of the molecule is OC[C@@H](O)COc1ccncn1. The van der Waals surface area contributed by atoms with Crippen molar-refractivity contribution >= 4 is 0 Å². The second-order valence-electron chi connectivity index (χ2n) is 2.20. The normalized spacial score (nSPS) is 12.5. The summed E-state index contributed by atoms with van der Waals surface area (Å²) >= 11 is 0.